The number of hydrogen-bond acceptors (Lipinski definition) is 2. The highest BCUT2D eigenvalue weighted by Crippen LogP contribution is 2.39. The van der Waals surface area contributed by atoms with Crippen LogP contribution in [0.2, 0.25) is 0 Å². The van der Waals surface area contributed by atoms with Gasteiger partial charge in [0, 0.05) is 22.6 Å². The molecule has 4 atom stereocenters. The fraction of sp³-hybridized carbons (Fsp3) is 1.00. The summed E-state index contributed by atoms with van der Waals surface area (Å²) in [6.07, 6.45) is 28.2. The summed E-state index contributed by atoms with van der Waals surface area (Å²) in [5, 5.41) is 1.89. The van der Waals surface area contributed by atoms with Crippen LogP contribution in [-0.2, 0) is 0 Å². The Bertz CT molecular complexity index is 371. The number of rotatable bonds is 0. The van der Waals surface area contributed by atoms with Crippen LogP contribution < -0.4 is 0 Å². The van der Waals surface area contributed by atoms with Gasteiger partial charge in [0.05, 0.1) is 0 Å². The first kappa shape index (κ1) is 21.0. The molecule has 0 aromatic heterocycles. The van der Waals surface area contributed by atoms with E-state index in [0.29, 0.717) is 0 Å². The van der Waals surface area contributed by atoms with Crippen molar-refractivity contribution in [2.45, 2.75) is 145 Å². The first-order valence-electron chi connectivity index (χ1n) is 12.2. The van der Waals surface area contributed by atoms with Crippen LogP contribution in [0.15, 0.2) is 0 Å². The van der Waals surface area contributed by atoms with E-state index in [2.05, 4.69) is 23.7 Å². The number of thioether (sulfide) groups is 1. The van der Waals surface area contributed by atoms with Crippen LogP contribution in [-0.4, -0.2) is 34.5 Å². The minimum Gasteiger partial charge on any atom is -0.300 e. The monoisotopic (exact) mass is 379 g/mol. The zero-order chi connectivity index (χ0) is 18.0. The van der Waals surface area contributed by atoms with E-state index in [1.54, 1.807) is 0 Å². The molecule has 0 aromatic rings. The molecule has 0 N–H and O–H groups in total. The maximum atomic E-state index is 2.89. The van der Waals surface area contributed by atoms with Gasteiger partial charge in [0.2, 0.25) is 0 Å². The Morgan fingerprint density at radius 3 is 1.27 bits per heavy atom. The van der Waals surface area contributed by atoms with Gasteiger partial charge >= 0.3 is 0 Å². The van der Waals surface area contributed by atoms with Crippen LogP contribution in [0.3, 0.4) is 0 Å². The summed E-state index contributed by atoms with van der Waals surface area (Å²) in [6.45, 7) is 0. The second-order valence-corrected chi connectivity index (χ2v) is 11.2. The normalized spacial score (nSPS) is 37.3. The molecule has 1 heterocycles. The Hall–Kier alpha value is 0.310. The van der Waals surface area contributed by atoms with Gasteiger partial charge in [0.25, 0.3) is 0 Å². The summed E-state index contributed by atoms with van der Waals surface area (Å²) < 4.78 is 0. The lowest BCUT2D eigenvalue weighted by Crippen LogP contribution is -2.45. The predicted octanol–water partition coefficient (Wildman–Crippen LogP) is 7.58. The molecule has 0 aromatic carbocycles. The molecule has 4 unspecified atom stereocenters. The van der Waals surface area contributed by atoms with Crippen LogP contribution >= 0.6 is 11.8 Å². The second kappa shape index (κ2) is 12.0. The molecule has 1 aliphatic heterocycles. The fourth-order valence-corrected chi connectivity index (χ4v) is 7.55. The van der Waals surface area contributed by atoms with E-state index in [9.17, 15) is 0 Å². The van der Waals surface area contributed by atoms with Crippen molar-refractivity contribution < 1.29 is 0 Å². The van der Waals surface area contributed by atoms with Crippen molar-refractivity contribution in [2.75, 3.05) is 7.05 Å². The summed E-state index contributed by atoms with van der Waals surface area (Å²) >= 11 is 2.45. The first-order chi connectivity index (χ1) is 12.8. The van der Waals surface area contributed by atoms with E-state index >= 15 is 0 Å². The van der Waals surface area contributed by atoms with Crippen molar-refractivity contribution in [3.63, 3.8) is 0 Å². The topological polar surface area (TPSA) is 3.24 Å². The third kappa shape index (κ3) is 7.04. The van der Waals surface area contributed by atoms with Crippen molar-refractivity contribution >= 4 is 11.8 Å². The largest absolute Gasteiger partial charge is 0.300 e. The van der Waals surface area contributed by atoms with E-state index in [0.717, 1.165) is 22.6 Å². The summed E-state index contributed by atoms with van der Waals surface area (Å²) in [7, 11) is 2.50. The average Bonchev–Trinajstić information content (AvgIpc) is 2.67. The van der Waals surface area contributed by atoms with E-state index in [-0.39, 0.29) is 0 Å². The number of fused-ring (bicyclic) bond motifs is 4. The van der Waals surface area contributed by atoms with Crippen LogP contribution in [0.25, 0.3) is 0 Å². The summed E-state index contributed by atoms with van der Waals surface area (Å²) in [6, 6.07) is 1.73. The average molecular weight is 380 g/mol. The Balaban J connectivity index is 1.70. The highest BCUT2D eigenvalue weighted by Gasteiger charge is 2.32. The van der Waals surface area contributed by atoms with Crippen molar-refractivity contribution in [1.29, 1.82) is 0 Å². The molecule has 1 nitrogen and oxygen atoms in total. The van der Waals surface area contributed by atoms with E-state index in [1.165, 1.54) is 122 Å². The lowest BCUT2D eigenvalue weighted by molar-refractivity contribution is 0.130. The Kier molecular flexibility index (Phi) is 9.70. The Labute approximate surface area is 168 Å². The third-order valence-corrected chi connectivity index (χ3v) is 9.11. The molecule has 3 aliphatic rings. The molecule has 2 aliphatic carbocycles. The van der Waals surface area contributed by atoms with Crippen molar-refractivity contribution in [3.8, 4) is 0 Å². The molecule has 0 amide bonds. The fourth-order valence-electron chi connectivity index (χ4n) is 5.73. The Morgan fingerprint density at radius 2 is 0.846 bits per heavy atom. The lowest BCUT2D eigenvalue weighted by Gasteiger charge is -2.42. The molecule has 1 saturated heterocycles. The number of nitrogens with zero attached hydrogens (tertiary/aromatic N) is 1. The smallest absolute Gasteiger partial charge is 0.0106 e. The molecule has 26 heavy (non-hydrogen) atoms. The summed E-state index contributed by atoms with van der Waals surface area (Å²) in [4.78, 5) is 2.89. The molecular formula is C24H45NS. The molecule has 3 rings (SSSR count). The van der Waals surface area contributed by atoms with Crippen molar-refractivity contribution in [2.24, 2.45) is 0 Å². The molecule has 2 heteroatoms. The minimum atomic E-state index is 0.864. The highest BCUT2D eigenvalue weighted by atomic mass is 32.2. The molecule has 0 radical (unpaired) electrons. The van der Waals surface area contributed by atoms with Crippen LogP contribution in [0.4, 0.5) is 0 Å². The summed E-state index contributed by atoms with van der Waals surface area (Å²) in [5.74, 6) is 0. The van der Waals surface area contributed by atoms with Gasteiger partial charge in [-0.1, -0.05) is 83.5 Å². The van der Waals surface area contributed by atoms with E-state index < -0.39 is 0 Å². The first-order valence-corrected chi connectivity index (χ1v) is 13.1. The maximum absolute atomic E-state index is 2.89. The van der Waals surface area contributed by atoms with Gasteiger partial charge in [-0.15, -0.1) is 0 Å². The van der Waals surface area contributed by atoms with Crippen LogP contribution in [0.5, 0.6) is 0 Å². The molecule has 4 bridgehead atoms. The predicted molar refractivity (Wildman–Crippen MR) is 118 cm³/mol. The quantitative estimate of drug-likeness (QED) is 0.427. The SMILES string of the molecule is CN1C2CCCCCCCCCC(C2)SC2CCCCCCCCC1C2. The third-order valence-electron chi connectivity index (χ3n) is 7.48. The van der Waals surface area contributed by atoms with Crippen LogP contribution in [0.1, 0.15) is 122 Å². The van der Waals surface area contributed by atoms with Gasteiger partial charge in [-0.3, -0.25) is 0 Å². The molecule has 3 fully saturated rings. The maximum Gasteiger partial charge on any atom is 0.0106 e. The van der Waals surface area contributed by atoms with Gasteiger partial charge in [0.15, 0.2) is 0 Å². The Morgan fingerprint density at radius 1 is 0.500 bits per heavy atom. The second-order valence-electron chi connectivity index (χ2n) is 9.58. The van der Waals surface area contributed by atoms with Gasteiger partial charge in [-0.05, 0) is 45.6 Å². The van der Waals surface area contributed by atoms with Gasteiger partial charge in [0.1, 0.15) is 0 Å². The molecule has 2 saturated carbocycles. The lowest BCUT2D eigenvalue weighted by atomic mass is 9.93. The zero-order valence-corrected chi connectivity index (χ0v) is 18.4. The van der Waals surface area contributed by atoms with Crippen molar-refractivity contribution in [3.05, 3.63) is 0 Å². The standard InChI is InChI=1S/C24H45NS/c1-25-21-15-11-7-3-2-4-9-13-17-23(19-21)26-24-18-14-10-6-5-8-12-16-22(25)20-24/h21-24H,2-20H2,1H3. The van der Waals surface area contributed by atoms with Crippen molar-refractivity contribution in [1.82, 2.24) is 4.90 Å². The van der Waals surface area contributed by atoms with Crippen LogP contribution in [0, 0.1) is 0 Å². The van der Waals surface area contributed by atoms with Gasteiger partial charge in [-0.2, -0.15) is 11.8 Å². The minimum absolute atomic E-state index is 0.864. The highest BCUT2D eigenvalue weighted by molar-refractivity contribution is 8.00. The number of hydrogen-bond donors (Lipinski definition) is 0. The molecule has 152 valence electrons. The zero-order valence-electron chi connectivity index (χ0n) is 17.6. The van der Waals surface area contributed by atoms with E-state index in [1.807, 2.05) is 0 Å². The molecular weight excluding hydrogens is 334 g/mol. The van der Waals surface area contributed by atoms with E-state index in [4.69, 9.17) is 0 Å². The molecule has 0 spiro atoms. The van der Waals surface area contributed by atoms with Gasteiger partial charge in [-0.25, -0.2) is 0 Å². The summed E-state index contributed by atoms with van der Waals surface area (Å²) in [5.41, 5.74) is 0. The van der Waals surface area contributed by atoms with Gasteiger partial charge < -0.3 is 4.90 Å².